The first kappa shape index (κ1) is 17.8. The van der Waals surface area contributed by atoms with Gasteiger partial charge in [0.1, 0.15) is 5.75 Å². The van der Waals surface area contributed by atoms with Crippen LogP contribution in [0.5, 0.6) is 5.75 Å². The van der Waals surface area contributed by atoms with Gasteiger partial charge >= 0.3 is 0 Å². The zero-order valence-corrected chi connectivity index (χ0v) is 16.2. The van der Waals surface area contributed by atoms with Gasteiger partial charge in [-0.05, 0) is 48.7 Å². The van der Waals surface area contributed by atoms with Gasteiger partial charge in [0, 0.05) is 35.8 Å². The van der Waals surface area contributed by atoms with Gasteiger partial charge in [-0.2, -0.15) is 4.31 Å². The number of aromatic amines is 1. The number of aromatic nitrogens is 1. The second-order valence-corrected chi connectivity index (χ2v) is 8.63. The van der Waals surface area contributed by atoms with E-state index in [0.717, 1.165) is 33.4 Å². The molecule has 27 heavy (non-hydrogen) atoms. The maximum absolute atomic E-state index is 13.0. The van der Waals surface area contributed by atoms with Crippen LogP contribution in [-0.2, 0) is 10.0 Å². The Morgan fingerprint density at radius 3 is 2.67 bits per heavy atom. The number of fused-ring (bicyclic) bond motifs is 1. The topological polar surface area (TPSA) is 62.4 Å². The highest BCUT2D eigenvalue weighted by atomic mass is 32.2. The van der Waals surface area contributed by atoms with Crippen LogP contribution in [0.15, 0.2) is 59.6 Å². The normalized spacial score (nSPS) is 15.7. The highest BCUT2D eigenvalue weighted by Crippen LogP contribution is 2.32. The number of rotatable bonds is 4. The second kappa shape index (κ2) is 6.87. The summed E-state index contributed by atoms with van der Waals surface area (Å²) in [6.45, 7) is 2.68. The molecule has 0 saturated carbocycles. The maximum atomic E-state index is 13.0. The van der Waals surface area contributed by atoms with E-state index in [9.17, 15) is 8.42 Å². The summed E-state index contributed by atoms with van der Waals surface area (Å²) in [4.78, 5) is 3.67. The molecule has 0 radical (unpaired) electrons. The van der Waals surface area contributed by atoms with Crippen LogP contribution in [0.25, 0.3) is 16.5 Å². The van der Waals surface area contributed by atoms with Gasteiger partial charge in [0.05, 0.1) is 12.0 Å². The van der Waals surface area contributed by atoms with E-state index in [2.05, 4.69) is 4.98 Å². The van der Waals surface area contributed by atoms with Crippen LogP contribution in [0.4, 0.5) is 0 Å². The number of sulfonamides is 1. The highest BCUT2D eigenvalue weighted by molar-refractivity contribution is 7.89. The summed E-state index contributed by atoms with van der Waals surface area (Å²) in [5.74, 6) is 0.809. The van der Waals surface area contributed by atoms with E-state index in [0.29, 0.717) is 24.4 Å². The van der Waals surface area contributed by atoms with Crippen LogP contribution in [0, 0.1) is 6.92 Å². The zero-order valence-electron chi connectivity index (χ0n) is 15.4. The van der Waals surface area contributed by atoms with Gasteiger partial charge in [0.25, 0.3) is 0 Å². The lowest BCUT2D eigenvalue weighted by molar-refractivity contribution is 0.415. The van der Waals surface area contributed by atoms with Crippen molar-refractivity contribution in [3.63, 3.8) is 0 Å². The monoisotopic (exact) mass is 382 g/mol. The molecule has 2 heterocycles. The molecule has 0 unspecified atom stereocenters. The molecule has 0 spiro atoms. The van der Waals surface area contributed by atoms with Crippen molar-refractivity contribution in [3.8, 4) is 5.75 Å². The highest BCUT2D eigenvalue weighted by Gasteiger charge is 2.27. The third kappa shape index (κ3) is 3.15. The molecule has 0 saturated heterocycles. The number of nitrogens with one attached hydrogen (secondary N) is 1. The van der Waals surface area contributed by atoms with E-state index < -0.39 is 10.0 Å². The lowest BCUT2D eigenvalue weighted by Gasteiger charge is -2.26. The number of hydrogen-bond acceptors (Lipinski definition) is 3. The molecule has 4 rings (SSSR count). The Kier molecular flexibility index (Phi) is 4.53. The Balaban J connectivity index is 1.64. The summed E-state index contributed by atoms with van der Waals surface area (Å²) in [5.41, 5.74) is 4.08. The molecule has 0 atom stereocenters. The lowest BCUT2D eigenvalue weighted by atomic mass is 9.99. The summed E-state index contributed by atoms with van der Waals surface area (Å²) in [6, 6.07) is 13.1. The fourth-order valence-electron chi connectivity index (χ4n) is 3.59. The Morgan fingerprint density at radius 2 is 1.96 bits per heavy atom. The lowest BCUT2D eigenvalue weighted by Crippen LogP contribution is -2.35. The van der Waals surface area contributed by atoms with Crippen molar-refractivity contribution >= 4 is 26.5 Å². The molecule has 0 fully saturated rings. The molecule has 1 aromatic heterocycles. The van der Waals surface area contributed by atoms with Crippen LogP contribution in [0.1, 0.15) is 17.5 Å². The minimum atomic E-state index is -3.48. The molecular weight excluding hydrogens is 360 g/mol. The van der Waals surface area contributed by atoms with Crippen LogP contribution < -0.4 is 4.74 Å². The molecule has 1 aliphatic rings. The molecule has 0 amide bonds. The first-order chi connectivity index (χ1) is 13.0. The standard InChI is InChI=1S/C21H22N2O3S/c1-15-5-3-4-6-21(15)27(24,25)23-11-9-16(10-12-23)19-14-22-20-8-7-17(26-2)13-18(19)20/h3-9,13-14,22H,10-12H2,1-2H3. The SMILES string of the molecule is COc1ccc2[nH]cc(C3=CCN(S(=O)(=O)c4ccccc4C)CC3)c2c1. The number of methoxy groups -OCH3 is 1. The molecule has 3 aromatic rings. The molecule has 140 valence electrons. The largest absolute Gasteiger partial charge is 0.497 e. The van der Waals surface area contributed by atoms with Crippen molar-refractivity contribution in [2.75, 3.05) is 20.2 Å². The second-order valence-electron chi connectivity index (χ2n) is 6.72. The van der Waals surface area contributed by atoms with E-state index >= 15 is 0 Å². The van der Waals surface area contributed by atoms with Gasteiger partial charge < -0.3 is 9.72 Å². The van der Waals surface area contributed by atoms with Crippen LogP contribution in [0.2, 0.25) is 0 Å². The number of benzene rings is 2. The first-order valence-electron chi connectivity index (χ1n) is 8.91. The van der Waals surface area contributed by atoms with E-state index in [-0.39, 0.29) is 0 Å². The summed E-state index contributed by atoms with van der Waals surface area (Å²) in [5, 5.41) is 1.09. The fourth-order valence-corrected chi connectivity index (χ4v) is 5.20. The Labute approximate surface area is 159 Å². The van der Waals surface area contributed by atoms with Crippen molar-refractivity contribution in [2.24, 2.45) is 0 Å². The molecule has 0 bridgehead atoms. The number of ether oxygens (including phenoxy) is 1. The first-order valence-corrected chi connectivity index (χ1v) is 10.3. The minimum absolute atomic E-state index is 0.378. The quantitative estimate of drug-likeness (QED) is 0.743. The van der Waals surface area contributed by atoms with Crippen LogP contribution >= 0.6 is 0 Å². The average Bonchev–Trinajstić information content (AvgIpc) is 3.11. The maximum Gasteiger partial charge on any atom is 0.243 e. The van der Waals surface area contributed by atoms with Gasteiger partial charge in [0.2, 0.25) is 10.0 Å². The van der Waals surface area contributed by atoms with Gasteiger partial charge in [0.15, 0.2) is 0 Å². The van der Waals surface area contributed by atoms with E-state index in [1.165, 1.54) is 0 Å². The van der Waals surface area contributed by atoms with Gasteiger partial charge in [-0.15, -0.1) is 0 Å². The molecular formula is C21H22N2O3S. The summed E-state index contributed by atoms with van der Waals surface area (Å²) >= 11 is 0. The molecule has 0 aliphatic carbocycles. The van der Waals surface area contributed by atoms with E-state index in [1.807, 2.05) is 49.5 Å². The van der Waals surface area contributed by atoms with Crippen LogP contribution in [-0.4, -0.2) is 37.9 Å². The summed E-state index contributed by atoms with van der Waals surface area (Å²) < 4.78 is 32.8. The van der Waals surface area contributed by atoms with Crippen molar-refractivity contribution in [1.29, 1.82) is 0 Å². The summed E-state index contributed by atoms with van der Waals surface area (Å²) in [7, 11) is -1.82. The predicted octanol–water partition coefficient (Wildman–Crippen LogP) is 3.96. The van der Waals surface area contributed by atoms with Crippen molar-refractivity contribution in [3.05, 3.63) is 65.9 Å². The number of hydrogen-bond donors (Lipinski definition) is 1. The third-order valence-electron chi connectivity index (χ3n) is 5.12. The molecule has 1 N–H and O–H groups in total. The summed E-state index contributed by atoms with van der Waals surface area (Å²) in [6.07, 6.45) is 4.68. The van der Waals surface area contributed by atoms with E-state index in [4.69, 9.17) is 4.74 Å². The smallest absolute Gasteiger partial charge is 0.243 e. The fraction of sp³-hybridized carbons (Fsp3) is 0.238. The molecule has 5 nitrogen and oxygen atoms in total. The third-order valence-corrected chi connectivity index (χ3v) is 7.14. The predicted molar refractivity (Wildman–Crippen MR) is 107 cm³/mol. The number of H-pyrrole nitrogens is 1. The minimum Gasteiger partial charge on any atom is -0.497 e. The molecule has 6 heteroatoms. The Morgan fingerprint density at radius 1 is 1.15 bits per heavy atom. The number of nitrogens with zero attached hydrogens (tertiary/aromatic N) is 1. The van der Waals surface area contributed by atoms with Gasteiger partial charge in [-0.25, -0.2) is 8.42 Å². The van der Waals surface area contributed by atoms with Crippen molar-refractivity contribution in [2.45, 2.75) is 18.2 Å². The van der Waals surface area contributed by atoms with Crippen molar-refractivity contribution < 1.29 is 13.2 Å². The zero-order chi connectivity index (χ0) is 19.0. The Hall–Kier alpha value is -2.57. The van der Waals surface area contributed by atoms with Gasteiger partial charge in [-0.1, -0.05) is 24.3 Å². The molecule has 1 aliphatic heterocycles. The van der Waals surface area contributed by atoms with Crippen molar-refractivity contribution in [1.82, 2.24) is 9.29 Å². The van der Waals surface area contributed by atoms with E-state index in [1.54, 1.807) is 23.5 Å². The molecule has 2 aromatic carbocycles. The number of aryl methyl sites for hydroxylation is 1. The Bertz CT molecular complexity index is 1130. The average molecular weight is 382 g/mol. The van der Waals surface area contributed by atoms with Crippen LogP contribution in [0.3, 0.4) is 0 Å². The van der Waals surface area contributed by atoms with Gasteiger partial charge in [-0.3, -0.25) is 0 Å².